The van der Waals surface area contributed by atoms with Crippen LogP contribution in [0, 0.1) is 23.2 Å². The molecule has 1 rings (SSSR count). The van der Waals surface area contributed by atoms with Crippen LogP contribution >= 0.6 is 0 Å². The van der Waals surface area contributed by atoms with Gasteiger partial charge in [0.25, 0.3) is 0 Å². The van der Waals surface area contributed by atoms with Crippen LogP contribution in [-0.4, -0.2) is 25.4 Å². The number of benzene rings is 1. The standard InChI is InChI=1S/C14H16N2O3S/c1-2-14(10-15)20(18,19)16-11-13-7-5-12(6-8-13)4-3-9-17/h5-8,14,16-17H,2,9,11H2,1H3. The van der Waals surface area contributed by atoms with E-state index in [4.69, 9.17) is 10.4 Å². The quantitative estimate of drug-likeness (QED) is 0.784. The first kappa shape index (κ1) is 16.2. The maximum absolute atomic E-state index is 11.8. The van der Waals surface area contributed by atoms with Crippen molar-refractivity contribution in [3.05, 3.63) is 35.4 Å². The Hall–Kier alpha value is -1.86. The molecule has 0 spiro atoms. The molecule has 1 aromatic rings. The summed E-state index contributed by atoms with van der Waals surface area (Å²) in [6.07, 6.45) is 0.252. The predicted octanol–water partition coefficient (Wildman–Crippen LogP) is 0.752. The Bertz CT molecular complexity index is 634. The van der Waals surface area contributed by atoms with Crippen molar-refractivity contribution in [3.8, 4) is 17.9 Å². The van der Waals surface area contributed by atoms with Crippen LogP contribution in [0.5, 0.6) is 0 Å². The van der Waals surface area contributed by atoms with Crippen molar-refractivity contribution >= 4 is 10.0 Å². The van der Waals surface area contributed by atoms with Gasteiger partial charge in [0.2, 0.25) is 10.0 Å². The van der Waals surface area contributed by atoms with Gasteiger partial charge in [-0.3, -0.25) is 0 Å². The van der Waals surface area contributed by atoms with E-state index in [0.29, 0.717) is 0 Å². The van der Waals surface area contributed by atoms with Crippen molar-refractivity contribution in [1.82, 2.24) is 4.72 Å². The van der Waals surface area contributed by atoms with Gasteiger partial charge >= 0.3 is 0 Å². The first-order valence-electron chi connectivity index (χ1n) is 6.10. The average Bonchev–Trinajstić information content (AvgIpc) is 2.45. The van der Waals surface area contributed by atoms with Crippen molar-refractivity contribution in [2.24, 2.45) is 0 Å². The fourth-order valence-corrected chi connectivity index (χ4v) is 2.66. The van der Waals surface area contributed by atoms with Crippen molar-refractivity contribution in [1.29, 1.82) is 5.26 Å². The molecular formula is C14H16N2O3S. The summed E-state index contributed by atoms with van der Waals surface area (Å²) >= 11 is 0. The molecule has 0 saturated carbocycles. The van der Waals surface area contributed by atoms with E-state index in [2.05, 4.69) is 16.6 Å². The Kier molecular flexibility index (Phi) is 6.20. The second-order valence-corrected chi connectivity index (χ2v) is 6.00. The van der Waals surface area contributed by atoms with Crippen LogP contribution in [0.1, 0.15) is 24.5 Å². The average molecular weight is 292 g/mol. The molecule has 106 valence electrons. The van der Waals surface area contributed by atoms with Crippen LogP contribution < -0.4 is 4.72 Å². The van der Waals surface area contributed by atoms with Gasteiger partial charge < -0.3 is 5.11 Å². The number of aliphatic hydroxyl groups excluding tert-OH is 1. The Labute approximate surface area is 119 Å². The topological polar surface area (TPSA) is 90.2 Å². The smallest absolute Gasteiger partial charge is 0.228 e. The molecule has 1 atom stereocenters. The van der Waals surface area contributed by atoms with E-state index in [9.17, 15) is 8.42 Å². The molecule has 20 heavy (non-hydrogen) atoms. The summed E-state index contributed by atoms with van der Waals surface area (Å²) in [6.45, 7) is 1.59. The lowest BCUT2D eigenvalue weighted by atomic mass is 10.1. The number of rotatable bonds is 5. The number of sulfonamides is 1. The second-order valence-electron chi connectivity index (χ2n) is 4.05. The highest BCUT2D eigenvalue weighted by Gasteiger charge is 2.22. The van der Waals surface area contributed by atoms with Gasteiger partial charge in [0.15, 0.2) is 5.25 Å². The molecule has 0 amide bonds. The van der Waals surface area contributed by atoms with Gasteiger partial charge in [-0.25, -0.2) is 13.1 Å². The lowest BCUT2D eigenvalue weighted by Crippen LogP contribution is -2.32. The lowest BCUT2D eigenvalue weighted by Gasteiger charge is -2.10. The van der Waals surface area contributed by atoms with Gasteiger partial charge in [-0.1, -0.05) is 30.9 Å². The summed E-state index contributed by atoms with van der Waals surface area (Å²) in [5.41, 5.74) is 1.52. The van der Waals surface area contributed by atoms with E-state index in [1.54, 1.807) is 37.3 Å². The molecule has 0 aliphatic carbocycles. The van der Waals surface area contributed by atoms with E-state index >= 15 is 0 Å². The monoisotopic (exact) mass is 292 g/mol. The highest BCUT2D eigenvalue weighted by atomic mass is 32.2. The number of nitrogens with zero attached hydrogens (tertiary/aromatic N) is 1. The van der Waals surface area contributed by atoms with Gasteiger partial charge in [0.1, 0.15) is 6.61 Å². The minimum atomic E-state index is -3.62. The molecule has 2 N–H and O–H groups in total. The fourth-order valence-electron chi connectivity index (χ4n) is 1.51. The zero-order chi connectivity index (χ0) is 15.0. The molecule has 0 aliphatic heterocycles. The van der Waals surface area contributed by atoms with Crippen LogP contribution in [0.3, 0.4) is 0 Å². The molecule has 5 nitrogen and oxygen atoms in total. The second kappa shape index (κ2) is 7.66. The van der Waals surface area contributed by atoms with Gasteiger partial charge in [-0.05, 0) is 24.1 Å². The van der Waals surface area contributed by atoms with Crippen molar-refractivity contribution < 1.29 is 13.5 Å². The molecule has 0 radical (unpaired) electrons. The molecule has 0 saturated heterocycles. The zero-order valence-electron chi connectivity index (χ0n) is 11.1. The van der Waals surface area contributed by atoms with Gasteiger partial charge in [-0.2, -0.15) is 5.26 Å². The third-order valence-corrected chi connectivity index (χ3v) is 4.37. The molecule has 0 fully saturated rings. The number of nitriles is 1. The van der Waals surface area contributed by atoms with E-state index in [1.807, 2.05) is 0 Å². The Morgan fingerprint density at radius 2 is 2.00 bits per heavy atom. The third-order valence-electron chi connectivity index (χ3n) is 2.63. The summed E-state index contributed by atoms with van der Waals surface area (Å²) in [7, 11) is -3.62. The summed E-state index contributed by atoms with van der Waals surface area (Å²) < 4.78 is 26.0. The minimum Gasteiger partial charge on any atom is -0.384 e. The predicted molar refractivity (Wildman–Crippen MR) is 75.9 cm³/mol. The maximum Gasteiger partial charge on any atom is 0.228 e. The van der Waals surface area contributed by atoms with Crippen LogP contribution in [0.15, 0.2) is 24.3 Å². The van der Waals surface area contributed by atoms with E-state index in [1.165, 1.54) is 0 Å². The molecule has 0 bridgehead atoms. The summed E-state index contributed by atoms with van der Waals surface area (Å²) in [5, 5.41) is 16.3. The van der Waals surface area contributed by atoms with E-state index < -0.39 is 15.3 Å². The lowest BCUT2D eigenvalue weighted by molar-refractivity contribution is 0.350. The number of nitrogens with one attached hydrogen (secondary N) is 1. The zero-order valence-corrected chi connectivity index (χ0v) is 11.9. The van der Waals surface area contributed by atoms with E-state index in [-0.39, 0.29) is 19.6 Å². The van der Waals surface area contributed by atoms with Gasteiger partial charge in [0, 0.05) is 12.1 Å². The Morgan fingerprint density at radius 1 is 1.35 bits per heavy atom. The Balaban J connectivity index is 2.69. The van der Waals surface area contributed by atoms with Crippen LogP contribution in [0.4, 0.5) is 0 Å². The summed E-state index contributed by atoms with van der Waals surface area (Å²) in [4.78, 5) is 0. The minimum absolute atomic E-state index is 0.133. The van der Waals surface area contributed by atoms with Crippen molar-refractivity contribution in [2.45, 2.75) is 25.1 Å². The summed E-state index contributed by atoms with van der Waals surface area (Å²) in [5.74, 6) is 5.28. The molecule has 0 aromatic heterocycles. The van der Waals surface area contributed by atoms with Crippen molar-refractivity contribution in [2.75, 3.05) is 6.61 Å². The number of hydrogen-bond acceptors (Lipinski definition) is 4. The molecular weight excluding hydrogens is 276 g/mol. The molecule has 6 heteroatoms. The third kappa shape index (κ3) is 4.67. The SMILES string of the molecule is CCC(C#N)S(=O)(=O)NCc1ccc(C#CCO)cc1. The number of aliphatic hydroxyl groups is 1. The fraction of sp³-hybridized carbons (Fsp3) is 0.357. The molecule has 0 aliphatic rings. The summed E-state index contributed by atoms with van der Waals surface area (Å²) in [6, 6.07) is 8.75. The normalized spacial score (nSPS) is 12.1. The largest absolute Gasteiger partial charge is 0.384 e. The molecule has 0 heterocycles. The molecule has 1 aromatic carbocycles. The van der Waals surface area contributed by atoms with Crippen LogP contribution in [-0.2, 0) is 16.6 Å². The first-order chi connectivity index (χ1) is 9.53. The highest BCUT2D eigenvalue weighted by molar-refractivity contribution is 7.90. The maximum atomic E-state index is 11.8. The van der Waals surface area contributed by atoms with Gasteiger partial charge in [-0.15, -0.1) is 0 Å². The molecule has 1 unspecified atom stereocenters. The Morgan fingerprint density at radius 3 is 2.50 bits per heavy atom. The van der Waals surface area contributed by atoms with Gasteiger partial charge in [0.05, 0.1) is 6.07 Å². The van der Waals surface area contributed by atoms with E-state index in [0.717, 1.165) is 11.1 Å². The number of hydrogen-bond donors (Lipinski definition) is 2. The highest BCUT2D eigenvalue weighted by Crippen LogP contribution is 2.07. The van der Waals surface area contributed by atoms with Crippen molar-refractivity contribution in [3.63, 3.8) is 0 Å². The van der Waals surface area contributed by atoms with Crippen LogP contribution in [0.2, 0.25) is 0 Å². The first-order valence-corrected chi connectivity index (χ1v) is 7.65. The van der Waals surface area contributed by atoms with Crippen LogP contribution in [0.25, 0.3) is 0 Å².